The summed E-state index contributed by atoms with van der Waals surface area (Å²) in [7, 11) is 0. The molecule has 2 N–H and O–H groups in total. The maximum atomic E-state index is 13.5. The molecule has 0 spiro atoms. The number of hydrogen-bond acceptors (Lipinski definition) is 3. The molecule has 0 aromatic carbocycles. The van der Waals surface area contributed by atoms with E-state index in [-0.39, 0.29) is 23.7 Å². The summed E-state index contributed by atoms with van der Waals surface area (Å²) in [6, 6.07) is 1.38. The van der Waals surface area contributed by atoms with Gasteiger partial charge in [-0.25, -0.2) is 9.37 Å². The van der Waals surface area contributed by atoms with E-state index in [0.717, 1.165) is 12.8 Å². The van der Waals surface area contributed by atoms with Gasteiger partial charge in [0, 0.05) is 23.8 Å². The third-order valence-electron chi connectivity index (χ3n) is 2.55. The molecule has 0 amide bonds. The molecule has 0 aliphatic rings. The van der Waals surface area contributed by atoms with Crippen LogP contribution in [0.2, 0.25) is 0 Å². The minimum absolute atomic E-state index is 0.00389. The molecule has 0 saturated carbocycles. The van der Waals surface area contributed by atoms with Crippen molar-refractivity contribution < 1.29 is 9.50 Å². The first-order valence-electron chi connectivity index (χ1n) is 5.60. The Morgan fingerprint density at radius 2 is 2.24 bits per heavy atom. The van der Waals surface area contributed by atoms with Gasteiger partial charge in [-0.2, -0.15) is 0 Å². The van der Waals surface area contributed by atoms with Gasteiger partial charge in [0.25, 0.3) is 0 Å². The number of hydrogen-bond donors (Lipinski definition) is 2. The van der Waals surface area contributed by atoms with Crippen LogP contribution in [0, 0.1) is 11.2 Å². The number of nitrogens with one attached hydrogen (secondary N) is 1. The molecule has 1 aromatic heterocycles. The second-order valence-corrected chi connectivity index (χ2v) is 5.74. The Labute approximate surface area is 110 Å². The number of anilines is 1. The Morgan fingerprint density at radius 3 is 2.82 bits per heavy atom. The lowest BCUT2D eigenvalue weighted by Gasteiger charge is -2.25. The molecule has 5 heteroatoms. The predicted molar refractivity (Wildman–Crippen MR) is 70.5 cm³/mol. The number of aliphatic hydroxyl groups is 1. The first kappa shape index (κ1) is 14.4. The molecule has 0 saturated heterocycles. The van der Waals surface area contributed by atoms with Crippen molar-refractivity contribution in [1.82, 2.24) is 4.98 Å². The second-order valence-electron chi connectivity index (χ2n) is 4.83. The summed E-state index contributed by atoms with van der Waals surface area (Å²) >= 11 is 3.16. The van der Waals surface area contributed by atoms with Gasteiger partial charge in [-0.15, -0.1) is 0 Å². The zero-order valence-corrected chi connectivity index (χ0v) is 11.7. The Kier molecular flexibility index (Phi) is 5.33. The molecule has 0 atom stereocenters. The van der Waals surface area contributed by atoms with Crippen LogP contribution in [0.15, 0.2) is 16.7 Å². The highest BCUT2D eigenvalue weighted by Gasteiger charge is 2.18. The summed E-state index contributed by atoms with van der Waals surface area (Å²) in [6.07, 6.45) is 3.20. The van der Waals surface area contributed by atoms with Gasteiger partial charge in [0.05, 0.1) is 0 Å². The number of pyridine rings is 1. The largest absolute Gasteiger partial charge is 0.396 e. The molecule has 1 heterocycles. The van der Waals surface area contributed by atoms with Gasteiger partial charge in [0.2, 0.25) is 0 Å². The van der Waals surface area contributed by atoms with Crippen LogP contribution in [0.3, 0.4) is 0 Å². The number of aliphatic hydroxyl groups excluding tert-OH is 1. The summed E-state index contributed by atoms with van der Waals surface area (Å²) in [6.45, 7) is 4.96. The molecule has 17 heavy (non-hydrogen) atoms. The maximum Gasteiger partial charge on any atom is 0.166 e. The van der Waals surface area contributed by atoms with Crippen LogP contribution in [-0.2, 0) is 0 Å². The monoisotopic (exact) mass is 304 g/mol. The van der Waals surface area contributed by atoms with E-state index in [2.05, 4.69) is 40.1 Å². The number of rotatable bonds is 6. The van der Waals surface area contributed by atoms with E-state index < -0.39 is 0 Å². The van der Waals surface area contributed by atoms with Crippen LogP contribution < -0.4 is 5.32 Å². The fourth-order valence-electron chi connectivity index (χ4n) is 1.51. The molecule has 1 aromatic rings. The van der Waals surface area contributed by atoms with Crippen LogP contribution in [0.4, 0.5) is 10.2 Å². The Morgan fingerprint density at radius 1 is 1.53 bits per heavy atom. The van der Waals surface area contributed by atoms with Crippen molar-refractivity contribution in [2.24, 2.45) is 5.41 Å². The van der Waals surface area contributed by atoms with Gasteiger partial charge in [0.1, 0.15) is 0 Å². The third kappa shape index (κ3) is 5.00. The SMILES string of the molecule is CC(C)(CCCO)CNc1ncc(Br)cc1F. The number of halogens is 2. The molecule has 96 valence electrons. The van der Waals surface area contributed by atoms with Crippen LogP contribution in [0.5, 0.6) is 0 Å². The highest BCUT2D eigenvalue weighted by atomic mass is 79.9. The standard InChI is InChI=1S/C12H18BrFN2O/c1-12(2,4-3-5-17)8-16-11-10(14)6-9(13)7-15-11/h6-7,17H,3-5,8H2,1-2H3,(H,15,16). The van der Waals surface area contributed by atoms with Gasteiger partial charge in [0.15, 0.2) is 11.6 Å². The number of aromatic nitrogens is 1. The summed E-state index contributed by atoms with van der Waals surface area (Å²) < 4.78 is 14.1. The van der Waals surface area contributed by atoms with Crippen molar-refractivity contribution in [1.29, 1.82) is 0 Å². The first-order chi connectivity index (χ1) is 7.94. The molecule has 0 radical (unpaired) electrons. The summed E-state index contributed by atoms with van der Waals surface area (Å²) in [5.74, 6) is -0.0948. The van der Waals surface area contributed by atoms with Crippen molar-refractivity contribution in [2.75, 3.05) is 18.5 Å². The van der Waals surface area contributed by atoms with Gasteiger partial charge in [-0.3, -0.25) is 0 Å². The zero-order chi connectivity index (χ0) is 12.9. The highest BCUT2D eigenvalue weighted by Crippen LogP contribution is 2.23. The molecular weight excluding hydrogens is 287 g/mol. The quantitative estimate of drug-likeness (QED) is 0.848. The fourth-order valence-corrected chi connectivity index (χ4v) is 1.82. The number of nitrogens with zero attached hydrogens (tertiary/aromatic N) is 1. The molecule has 0 aliphatic heterocycles. The minimum Gasteiger partial charge on any atom is -0.396 e. The lowest BCUT2D eigenvalue weighted by atomic mass is 9.88. The average molecular weight is 305 g/mol. The maximum absolute atomic E-state index is 13.5. The molecule has 0 fully saturated rings. The Bertz CT molecular complexity index is 372. The van der Waals surface area contributed by atoms with Crippen LogP contribution >= 0.6 is 15.9 Å². The van der Waals surface area contributed by atoms with E-state index in [1.807, 2.05) is 0 Å². The second kappa shape index (κ2) is 6.31. The fraction of sp³-hybridized carbons (Fsp3) is 0.583. The van der Waals surface area contributed by atoms with E-state index in [1.165, 1.54) is 6.07 Å². The highest BCUT2D eigenvalue weighted by molar-refractivity contribution is 9.10. The van der Waals surface area contributed by atoms with Crippen molar-refractivity contribution in [2.45, 2.75) is 26.7 Å². The van der Waals surface area contributed by atoms with Crippen molar-refractivity contribution in [3.8, 4) is 0 Å². The van der Waals surface area contributed by atoms with Crippen LogP contribution in [0.25, 0.3) is 0 Å². The van der Waals surface area contributed by atoms with Crippen molar-refractivity contribution >= 4 is 21.7 Å². The Balaban J connectivity index is 2.54. The van der Waals surface area contributed by atoms with E-state index in [0.29, 0.717) is 11.0 Å². The van der Waals surface area contributed by atoms with E-state index in [1.54, 1.807) is 6.20 Å². The van der Waals surface area contributed by atoms with Gasteiger partial charge >= 0.3 is 0 Å². The van der Waals surface area contributed by atoms with Crippen molar-refractivity contribution in [3.05, 3.63) is 22.6 Å². The third-order valence-corrected chi connectivity index (χ3v) is 2.99. The van der Waals surface area contributed by atoms with Crippen LogP contribution in [-0.4, -0.2) is 23.2 Å². The zero-order valence-electron chi connectivity index (χ0n) is 10.1. The topological polar surface area (TPSA) is 45.1 Å². The van der Waals surface area contributed by atoms with E-state index >= 15 is 0 Å². The normalized spacial score (nSPS) is 11.6. The molecule has 0 unspecified atom stereocenters. The molecule has 0 aliphatic carbocycles. The molecule has 3 nitrogen and oxygen atoms in total. The van der Waals surface area contributed by atoms with E-state index in [9.17, 15) is 4.39 Å². The Hall–Kier alpha value is -0.680. The predicted octanol–water partition coefficient (Wildman–Crippen LogP) is 3.19. The summed E-state index contributed by atoms with van der Waals surface area (Å²) in [5, 5.41) is 11.8. The summed E-state index contributed by atoms with van der Waals surface area (Å²) in [5.41, 5.74) is 0.00389. The first-order valence-corrected chi connectivity index (χ1v) is 6.40. The lowest BCUT2D eigenvalue weighted by molar-refractivity contribution is 0.247. The molecular formula is C12H18BrFN2O. The summed E-state index contributed by atoms with van der Waals surface area (Å²) in [4.78, 5) is 3.98. The molecule has 0 bridgehead atoms. The van der Waals surface area contributed by atoms with E-state index in [4.69, 9.17) is 5.11 Å². The molecule has 1 rings (SSSR count). The van der Waals surface area contributed by atoms with Crippen molar-refractivity contribution in [3.63, 3.8) is 0 Å². The van der Waals surface area contributed by atoms with Gasteiger partial charge in [-0.1, -0.05) is 13.8 Å². The average Bonchev–Trinajstić information content (AvgIpc) is 2.25. The minimum atomic E-state index is -0.364. The lowest BCUT2D eigenvalue weighted by Crippen LogP contribution is -2.24. The van der Waals surface area contributed by atoms with Gasteiger partial charge in [-0.05, 0) is 40.3 Å². The van der Waals surface area contributed by atoms with Gasteiger partial charge < -0.3 is 10.4 Å². The van der Waals surface area contributed by atoms with Crippen LogP contribution in [0.1, 0.15) is 26.7 Å². The smallest absolute Gasteiger partial charge is 0.166 e.